The SMILES string of the molecule is O=C(Nc1ccc2ncccc2c1)C12CC(C3CNC3)(C1)C2.O=C(O)C(F)(F)F. The van der Waals surface area contributed by atoms with Crippen molar-refractivity contribution in [3.05, 3.63) is 36.5 Å². The lowest BCUT2D eigenvalue weighted by Gasteiger charge is -2.73. The van der Waals surface area contributed by atoms with Gasteiger partial charge in [-0.15, -0.1) is 0 Å². The summed E-state index contributed by atoms with van der Waals surface area (Å²) in [6, 6.07) is 9.87. The number of nitrogens with one attached hydrogen (secondary N) is 2. The third-order valence-corrected chi connectivity index (χ3v) is 6.30. The van der Waals surface area contributed by atoms with Gasteiger partial charge in [0.05, 0.1) is 10.9 Å². The summed E-state index contributed by atoms with van der Waals surface area (Å²) in [7, 11) is 0. The molecule has 4 fully saturated rings. The third-order valence-electron chi connectivity index (χ3n) is 6.30. The molecule has 0 unspecified atom stereocenters. The Labute approximate surface area is 164 Å². The van der Waals surface area contributed by atoms with Crippen LogP contribution in [0.4, 0.5) is 18.9 Å². The molecule has 6 nitrogen and oxygen atoms in total. The molecule has 3 saturated carbocycles. The minimum Gasteiger partial charge on any atom is -0.475 e. The lowest BCUT2D eigenvalue weighted by atomic mass is 9.31. The van der Waals surface area contributed by atoms with E-state index in [9.17, 15) is 18.0 Å². The molecule has 1 aromatic heterocycles. The maximum absolute atomic E-state index is 12.6. The largest absolute Gasteiger partial charge is 0.490 e. The number of aliphatic carboxylic acids is 1. The molecule has 0 spiro atoms. The molecule has 1 amide bonds. The number of carboxylic acids is 1. The summed E-state index contributed by atoms with van der Waals surface area (Å²) in [5, 5.41) is 14.7. The molecule has 1 saturated heterocycles. The monoisotopic (exact) mass is 407 g/mol. The Bertz CT molecular complexity index is 952. The van der Waals surface area contributed by atoms with E-state index in [0.717, 1.165) is 54.9 Å². The minimum absolute atomic E-state index is 0.0700. The summed E-state index contributed by atoms with van der Waals surface area (Å²) in [6.07, 6.45) is -0.0227. The van der Waals surface area contributed by atoms with E-state index in [-0.39, 0.29) is 11.3 Å². The van der Waals surface area contributed by atoms with Crippen LogP contribution in [-0.4, -0.2) is 41.2 Å². The Morgan fingerprint density at radius 1 is 1.17 bits per heavy atom. The second-order valence-corrected chi connectivity index (χ2v) is 8.20. The quantitative estimate of drug-likeness (QED) is 0.727. The lowest BCUT2D eigenvalue weighted by molar-refractivity contribution is -0.232. The summed E-state index contributed by atoms with van der Waals surface area (Å²) in [5.74, 6) is -1.73. The van der Waals surface area contributed by atoms with Gasteiger partial charge in [0.2, 0.25) is 5.91 Å². The van der Waals surface area contributed by atoms with Gasteiger partial charge in [0.15, 0.2) is 0 Å². The Kier molecular flexibility index (Phi) is 4.53. The van der Waals surface area contributed by atoms with Crippen molar-refractivity contribution in [2.45, 2.75) is 25.4 Å². The Balaban J connectivity index is 0.000000255. The van der Waals surface area contributed by atoms with Crippen LogP contribution in [0.15, 0.2) is 36.5 Å². The van der Waals surface area contributed by atoms with Gasteiger partial charge in [0, 0.05) is 17.3 Å². The fourth-order valence-corrected chi connectivity index (χ4v) is 4.68. The van der Waals surface area contributed by atoms with Gasteiger partial charge >= 0.3 is 12.1 Å². The van der Waals surface area contributed by atoms with Crippen molar-refractivity contribution in [1.29, 1.82) is 0 Å². The molecule has 3 aliphatic carbocycles. The number of amides is 1. The molecule has 0 radical (unpaired) electrons. The minimum atomic E-state index is -5.08. The van der Waals surface area contributed by atoms with Gasteiger partial charge in [-0.2, -0.15) is 13.2 Å². The molecule has 0 atom stereocenters. The van der Waals surface area contributed by atoms with Gasteiger partial charge < -0.3 is 15.7 Å². The maximum atomic E-state index is 12.6. The Morgan fingerprint density at radius 3 is 2.38 bits per heavy atom. The number of benzene rings is 1. The molecular weight excluding hydrogens is 387 g/mol. The van der Waals surface area contributed by atoms with E-state index in [1.54, 1.807) is 6.20 Å². The smallest absolute Gasteiger partial charge is 0.475 e. The van der Waals surface area contributed by atoms with Crippen LogP contribution in [0.2, 0.25) is 0 Å². The highest BCUT2D eigenvalue weighted by atomic mass is 19.4. The van der Waals surface area contributed by atoms with Crippen molar-refractivity contribution < 1.29 is 27.9 Å². The Hall–Kier alpha value is -2.68. The number of pyridine rings is 1. The highest BCUT2D eigenvalue weighted by Crippen LogP contribution is 2.76. The van der Waals surface area contributed by atoms with Crippen LogP contribution in [0.3, 0.4) is 0 Å². The van der Waals surface area contributed by atoms with Crippen LogP contribution in [0, 0.1) is 16.7 Å². The molecule has 3 N–H and O–H groups in total. The highest BCUT2D eigenvalue weighted by molar-refractivity contribution is 5.99. The number of carbonyl (C=O) groups is 2. The predicted octanol–water partition coefficient (Wildman–Crippen LogP) is 3.20. The number of anilines is 1. The first-order chi connectivity index (χ1) is 13.6. The standard InChI is InChI=1S/C18H19N3O.C2HF3O2/c22-16(18-9-17(10-18,11-18)13-7-19-8-13)21-14-3-4-15-12(6-14)2-1-5-20-15;3-2(4,5)1(6)7/h1-6,13,19H,7-11H2,(H,21,22);(H,6,7). The van der Waals surface area contributed by atoms with Gasteiger partial charge in [0.25, 0.3) is 0 Å². The van der Waals surface area contributed by atoms with Gasteiger partial charge in [-0.1, -0.05) is 6.07 Å². The van der Waals surface area contributed by atoms with Gasteiger partial charge in [-0.3, -0.25) is 9.78 Å². The van der Waals surface area contributed by atoms with Crippen molar-refractivity contribution in [3.8, 4) is 0 Å². The van der Waals surface area contributed by atoms with Crippen molar-refractivity contribution in [1.82, 2.24) is 10.3 Å². The molecule has 154 valence electrons. The van der Waals surface area contributed by atoms with Crippen LogP contribution >= 0.6 is 0 Å². The average molecular weight is 407 g/mol. The summed E-state index contributed by atoms with van der Waals surface area (Å²) in [6.45, 7) is 2.30. The second-order valence-electron chi connectivity index (χ2n) is 8.20. The topological polar surface area (TPSA) is 91.3 Å². The molecule has 29 heavy (non-hydrogen) atoms. The van der Waals surface area contributed by atoms with Crippen LogP contribution in [0.1, 0.15) is 19.3 Å². The molecule has 9 heteroatoms. The van der Waals surface area contributed by atoms with E-state index in [2.05, 4.69) is 15.6 Å². The van der Waals surface area contributed by atoms with E-state index < -0.39 is 12.1 Å². The molecule has 2 bridgehead atoms. The van der Waals surface area contributed by atoms with Gasteiger partial charge in [-0.25, -0.2) is 4.79 Å². The number of rotatable bonds is 3. The fraction of sp³-hybridized carbons (Fsp3) is 0.450. The molecule has 1 aliphatic heterocycles. The molecular formula is C20H20F3N3O3. The first-order valence-electron chi connectivity index (χ1n) is 9.31. The van der Waals surface area contributed by atoms with Crippen LogP contribution < -0.4 is 10.6 Å². The zero-order valence-corrected chi connectivity index (χ0v) is 15.4. The maximum Gasteiger partial charge on any atom is 0.490 e. The van der Waals surface area contributed by atoms with Crippen molar-refractivity contribution >= 4 is 28.5 Å². The number of hydrogen-bond donors (Lipinski definition) is 3. The number of fused-ring (bicyclic) bond motifs is 1. The molecule has 4 aliphatic rings. The molecule has 6 rings (SSSR count). The zero-order valence-electron chi connectivity index (χ0n) is 15.4. The van der Waals surface area contributed by atoms with E-state index in [1.165, 1.54) is 0 Å². The number of carbonyl (C=O) groups excluding carboxylic acids is 1. The lowest BCUT2D eigenvalue weighted by Crippen LogP contribution is -2.73. The van der Waals surface area contributed by atoms with E-state index in [0.29, 0.717) is 5.41 Å². The predicted molar refractivity (Wildman–Crippen MR) is 99.1 cm³/mol. The zero-order chi connectivity index (χ0) is 20.9. The molecule has 2 aromatic rings. The number of halogens is 3. The summed E-state index contributed by atoms with van der Waals surface area (Å²) >= 11 is 0. The first kappa shape index (κ1) is 19.6. The fourth-order valence-electron chi connectivity index (χ4n) is 4.68. The van der Waals surface area contributed by atoms with Crippen LogP contribution in [0.5, 0.6) is 0 Å². The molecule has 2 heterocycles. The normalized spacial score (nSPS) is 27.6. The van der Waals surface area contributed by atoms with E-state index in [4.69, 9.17) is 9.90 Å². The Morgan fingerprint density at radius 2 is 1.83 bits per heavy atom. The number of aromatic nitrogens is 1. The number of alkyl halides is 3. The summed E-state index contributed by atoms with van der Waals surface area (Å²) in [4.78, 5) is 25.8. The van der Waals surface area contributed by atoms with E-state index >= 15 is 0 Å². The van der Waals surface area contributed by atoms with Crippen LogP contribution in [0.25, 0.3) is 10.9 Å². The average Bonchev–Trinajstić information content (AvgIpc) is 2.54. The van der Waals surface area contributed by atoms with Crippen molar-refractivity contribution in [3.63, 3.8) is 0 Å². The summed E-state index contributed by atoms with van der Waals surface area (Å²) in [5.41, 5.74) is 2.27. The van der Waals surface area contributed by atoms with Crippen LogP contribution in [-0.2, 0) is 9.59 Å². The highest BCUT2D eigenvalue weighted by Gasteiger charge is 2.73. The molecule has 1 aromatic carbocycles. The number of hydrogen-bond acceptors (Lipinski definition) is 4. The summed E-state index contributed by atoms with van der Waals surface area (Å²) < 4.78 is 31.7. The number of nitrogens with zero attached hydrogens (tertiary/aromatic N) is 1. The number of carboxylic acid groups (broad SMARTS) is 1. The first-order valence-corrected chi connectivity index (χ1v) is 9.31. The van der Waals surface area contributed by atoms with Crippen molar-refractivity contribution in [2.24, 2.45) is 16.7 Å². The second kappa shape index (κ2) is 6.69. The van der Waals surface area contributed by atoms with E-state index in [1.807, 2.05) is 30.3 Å². The van der Waals surface area contributed by atoms with Gasteiger partial charge in [0.1, 0.15) is 0 Å². The van der Waals surface area contributed by atoms with Gasteiger partial charge in [-0.05, 0) is 68.0 Å². The third kappa shape index (κ3) is 3.43. The van der Waals surface area contributed by atoms with Crippen molar-refractivity contribution in [2.75, 3.05) is 18.4 Å².